The summed E-state index contributed by atoms with van der Waals surface area (Å²) in [6.07, 6.45) is 14.1. The fraction of sp³-hybridized carbons (Fsp3) is 0.500. The van der Waals surface area contributed by atoms with Gasteiger partial charge in [0.05, 0.1) is 0 Å². The van der Waals surface area contributed by atoms with Crippen molar-refractivity contribution in [1.82, 2.24) is 0 Å². The number of hydrogen-bond donors (Lipinski definition) is 0. The summed E-state index contributed by atoms with van der Waals surface area (Å²) in [7, 11) is 0. The molecule has 0 atom stereocenters. The van der Waals surface area contributed by atoms with Crippen molar-refractivity contribution in [2.45, 2.75) is 52.9 Å². The summed E-state index contributed by atoms with van der Waals surface area (Å²) in [6.45, 7) is 10.1. The van der Waals surface area contributed by atoms with Crippen LogP contribution in [0.3, 0.4) is 0 Å². The van der Waals surface area contributed by atoms with Crippen molar-refractivity contribution in [3.05, 3.63) is 53.2 Å². The molecular formula is C18H28S. The van der Waals surface area contributed by atoms with Crippen molar-refractivity contribution >= 4 is 11.8 Å². The number of allylic oxidation sites excluding steroid dienone is 4. The van der Waals surface area contributed by atoms with Gasteiger partial charge in [0.25, 0.3) is 0 Å². The van der Waals surface area contributed by atoms with Crippen LogP contribution in [0.1, 0.15) is 52.9 Å². The Hall–Kier alpha value is -0.910. The standard InChI is InChI=1S/C18H28S/c1-5-8-10-13-17(4)15-19-16-18(12-7-3)14-11-9-6-2/h5,7-8,10,15H,1,6,9,11,13-14,16H2,2-4H3. The monoisotopic (exact) mass is 276 g/mol. The van der Waals surface area contributed by atoms with Gasteiger partial charge in [-0.25, -0.2) is 0 Å². The molecule has 1 heteroatoms. The molecule has 0 bridgehead atoms. The highest BCUT2D eigenvalue weighted by Crippen LogP contribution is 2.17. The van der Waals surface area contributed by atoms with Crippen LogP contribution in [0.5, 0.6) is 0 Å². The Bertz CT molecular complexity index is 352. The summed E-state index contributed by atoms with van der Waals surface area (Å²) in [5.74, 6) is 1.07. The summed E-state index contributed by atoms with van der Waals surface area (Å²) >= 11 is 1.88. The van der Waals surface area contributed by atoms with Crippen LogP contribution in [0.2, 0.25) is 0 Å². The molecule has 0 fully saturated rings. The van der Waals surface area contributed by atoms with Crippen LogP contribution in [0.25, 0.3) is 0 Å². The topological polar surface area (TPSA) is 0 Å². The Kier molecular flexibility index (Phi) is 12.9. The molecule has 0 nitrogen and oxygen atoms in total. The molecule has 0 aliphatic rings. The third kappa shape index (κ3) is 11.9. The van der Waals surface area contributed by atoms with E-state index in [1.807, 2.05) is 36.9 Å². The zero-order chi connectivity index (χ0) is 14.3. The summed E-state index contributed by atoms with van der Waals surface area (Å²) in [5.41, 5.74) is 6.22. The lowest BCUT2D eigenvalue weighted by atomic mass is 10.1. The number of thioether (sulfide) groups is 1. The first-order valence-corrected chi connectivity index (χ1v) is 8.23. The molecular weight excluding hydrogens is 248 g/mol. The molecule has 0 heterocycles. The zero-order valence-electron chi connectivity index (χ0n) is 12.7. The van der Waals surface area contributed by atoms with Gasteiger partial charge in [-0.3, -0.25) is 0 Å². The SMILES string of the molecule is C=CC=CCC(C)=CSCC(=C=CC)CCCCC. The number of unbranched alkanes of at least 4 members (excludes halogenated alkanes) is 2. The zero-order valence-corrected chi connectivity index (χ0v) is 13.6. The molecule has 19 heavy (non-hydrogen) atoms. The van der Waals surface area contributed by atoms with Crippen LogP contribution in [0.15, 0.2) is 53.2 Å². The van der Waals surface area contributed by atoms with Crippen LogP contribution in [-0.4, -0.2) is 5.75 Å². The molecule has 106 valence electrons. The first kappa shape index (κ1) is 18.1. The Morgan fingerprint density at radius 2 is 2.11 bits per heavy atom. The summed E-state index contributed by atoms with van der Waals surface area (Å²) < 4.78 is 0. The second-order valence-corrected chi connectivity index (χ2v) is 5.49. The molecule has 0 aliphatic carbocycles. The predicted octanol–water partition coefficient (Wildman–Crippen LogP) is 6.44. The second-order valence-electron chi connectivity index (χ2n) is 4.64. The van der Waals surface area contributed by atoms with Gasteiger partial charge >= 0.3 is 0 Å². The summed E-state index contributed by atoms with van der Waals surface area (Å²) in [6, 6.07) is 0. The lowest BCUT2D eigenvalue weighted by molar-refractivity contribution is 0.715. The van der Waals surface area contributed by atoms with Gasteiger partial charge in [0.15, 0.2) is 0 Å². The minimum atomic E-state index is 1.01. The minimum Gasteiger partial charge on any atom is -0.129 e. The van der Waals surface area contributed by atoms with Gasteiger partial charge in [-0.1, -0.05) is 50.1 Å². The molecule has 0 amide bonds. The lowest BCUT2D eigenvalue weighted by Gasteiger charge is -2.03. The minimum absolute atomic E-state index is 1.01. The quantitative estimate of drug-likeness (QED) is 0.251. The Morgan fingerprint density at radius 1 is 1.32 bits per heavy atom. The molecule has 0 aliphatic heterocycles. The van der Waals surface area contributed by atoms with Crippen LogP contribution in [0.4, 0.5) is 0 Å². The third-order valence-corrected chi connectivity index (χ3v) is 3.77. The first-order chi connectivity index (χ1) is 9.24. The van der Waals surface area contributed by atoms with E-state index in [-0.39, 0.29) is 0 Å². The number of rotatable bonds is 10. The second kappa shape index (κ2) is 13.5. The fourth-order valence-corrected chi connectivity index (χ4v) is 2.55. The smallest absolute Gasteiger partial charge is 0.0260 e. The highest BCUT2D eigenvalue weighted by atomic mass is 32.2. The van der Waals surface area contributed by atoms with Crippen LogP contribution >= 0.6 is 11.8 Å². The van der Waals surface area contributed by atoms with Crippen molar-refractivity contribution in [2.24, 2.45) is 0 Å². The Morgan fingerprint density at radius 3 is 2.74 bits per heavy atom. The molecule has 0 unspecified atom stereocenters. The molecule has 0 rings (SSSR count). The average molecular weight is 276 g/mol. The molecule has 0 spiro atoms. The van der Waals surface area contributed by atoms with E-state index in [1.165, 1.54) is 36.8 Å². The molecule has 0 saturated carbocycles. The molecule has 0 aromatic carbocycles. The Labute approximate surface area is 124 Å². The molecule has 0 saturated heterocycles. The molecule has 0 radical (unpaired) electrons. The maximum Gasteiger partial charge on any atom is 0.0260 e. The predicted molar refractivity (Wildman–Crippen MR) is 91.6 cm³/mol. The van der Waals surface area contributed by atoms with Gasteiger partial charge in [0.1, 0.15) is 0 Å². The van der Waals surface area contributed by atoms with Gasteiger partial charge in [-0.15, -0.1) is 17.5 Å². The maximum atomic E-state index is 3.67. The van der Waals surface area contributed by atoms with E-state index in [4.69, 9.17) is 0 Å². The van der Waals surface area contributed by atoms with E-state index >= 15 is 0 Å². The highest BCUT2D eigenvalue weighted by molar-refractivity contribution is 8.02. The van der Waals surface area contributed by atoms with Gasteiger partial charge in [0.2, 0.25) is 0 Å². The van der Waals surface area contributed by atoms with Crippen LogP contribution in [-0.2, 0) is 0 Å². The summed E-state index contributed by atoms with van der Waals surface area (Å²) in [4.78, 5) is 0. The average Bonchev–Trinajstić information content (AvgIpc) is 2.39. The van der Waals surface area contributed by atoms with E-state index in [0.29, 0.717) is 0 Å². The van der Waals surface area contributed by atoms with E-state index in [0.717, 1.165) is 12.2 Å². The molecule has 0 aromatic rings. The van der Waals surface area contributed by atoms with E-state index in [1.54, 1.807) is 0 Å². The van der Waals surface area contributed by atoms with Crippen molar-refractivity contribution in [3.63, 3.8) is 0 Å². The lowest BCUT2D eigenvalue weighted by Crippen LogP contribution is -1.86. The first-order valence-electron chi connectivity index (χ1n) is 7.18. The van der Waals surface area contributed by atoms with Crippen molar-refractivity contribution in [3.8, 4) is 0 Å². The Balaban J connectivity index is 4.11. The maximum absolute atomic E-state index is 3.67. The largest absolute Gasteiger partial charge is 0.129 e. The third-order valence-electron chi connectivity index (χ3n) is 2.68. The van der Waals surface area contributed by atoms with Crippen LogP contribution < -0.4 is 0 Å². The van der Waals surface area contributed by atoms with Gasteiger partial charge in [-0.2, -0.15) is 0 Å². The van der Waals surface area contributed by atoms with Gasteiger partial charge in [0, 0.05) is 5.75 Å². The van der Waals surface area contributed by atoms with Gasteiger partial charge in [-0.05, 0) is 50.2 Å². The van der Waals surface area contributed by atoms with Gasteiger partial charge < -0.3 is 0 Å². The van der Waals surface area contributed by atoms with Crippen molar-refractivity contribution < 1.29 is 0 Å². The molecule has 0 N–H and O–H groups in total. The highest BCUT2D eigenvalue weighted by Gasteiger charge is 1.96. The van der Waals surface area contributed by atoms with E-state index < -0.39 is 0 Å². The number of hydrogen-bond acceptors (Lipinski definition) is 1. The fourth-order valence-electron chi connectivity index (χ4n) is 1.66. The van der Waals surface area contributed by atoms with Crippen molar-refractivity contribution in [2.75, 3.05) is 5.75 Å². The van der Waals surface area contributed by atoms with E-state index in [2.05, 4.69) is 37.6 Å². The normalized spacial score (nSPS) is 11.4. The van der Waals surface area contributed by atoms with E-state index in [9.17, 15) is 0 Å². The summed E-state index contributed by atoms with van der Waals surface area (Å²) in [5, 5.41) is 2.27. The molecule has 0 aromatic heterocycles. The van der Waals surface area contributed by atoms with Crippen molar-refractivity contribution in [1.29, 1.82) is 0 Å². The van der Waals surface area contributed by atoms with Crippen LogP contribution in [0, 0.1) is 0 Å².